The molecule has 1 aliphatic carbocycles. The number of rotatable bonds is 1. The lowest BCUT2D eigenvalue weighted by Gasteiger charge is -2.37. The molecule has 0 spiro atoms. The van der Waals surface area contributed by atoms with Crippen LogP contribution in [0.5, 0.6) is 0 Å². The predicted molar refractivity (Wildman–Crippen MR) is 82.2 cm³/mol. The highest BCUT2D eigenvalue weighted by Crippen LogP contribution is 2.83. The fourth-order valence-corrected chi connectivity index (χ4v) is 7.70. The average Bonchev–Trinajstić information content (AvgIpc) is 2.96. The number of benzene rings is 1. The Labute approximate surface area is 129 Å². The third-order valence-electron chi connectivity index (χ3n) is 3.98. The van der Waals surface area contributed by atoms with Crippen LogP contribution in [0.3, 0.4) is 0 Å². The Morgan fingerprint density at radius 1 is 1.20 bits per heavy atom. The lowest BCUT2D eigenvalue weighted by Crippen LogP contribution is -2.18. The van der Waals surface area contributed by atoms with E-state index in [2.05, 4.69) is 14.8 Å². The van der Waals surface area contributed by atoms with E-state index in [1.807, 2.05) is 0 Å². The summed E-state index contributed by atoms with van der Waals surface area (Å²) in [4.78, 5) is 0.833. The normalized spacial score (nSPS) is 29.9. The van der Waals surface area contributed by atoms with Crippen LogP contribution in [0.2, 0.25) is 5.02 Å². The first-order chi connectivity index (χ1) is 9.34. The topological polar surface area (TPSA) is 0 Å². The van der Waals surface area contributed by atoms with Crippen molar-refractivity contribution >= 4 is 41.0 Å². The fraction of sp³-hybridized carbons (Fsp3) is 0.429. The number of fused-ring (bicyclic) bond motifs is 1. The largest absolute Gasteiger partial charge is 0.442 e. The first-order valence-electron chi connectivity index (χ1n) is 6.44. The Morgan fingerprint density at radius 3 is 2.45 bits per heavy atom. The molecule has 2 aliphatic rings. The standard InChI is InChI=1S/C14H13BrClF3S/c15-20(14(17,18)19)12(9-3-1-2-4-9)7-10-5-6-11(16)8-13(10)20/h5-9H,1-4H2. The molecular weight excluding hydrogens is 373 g/mol. The highest BCUT2D eigenvalue weighted by Gasteiger charge is 2.56. The summed E-state index contributed by atoms with van der Waals surface area (Å²) in [5.74, 6) is 0.0391. The Hall–Kier alpha value is -0.130. The minimum atomic E-state index is -4.29. The van der Waals surface area contributed by atoms with Crippen LogP contribution in [0, 0.1) is 5.92 Å². The molecular formula is C14H13BrClF3S. The van der Waals surface area contributed by atoms with E-state index in [9.17, 15) is 13.2 Å². The van der Waals surface area contributed by atoms with Crippen LogP contribution < -0.4 is 0 Å². The summed E-state index contributed by atoms with van der Waals surface area (Å²) in [7, 11) is -3.14. The molecule has 1 fully saturated rings. The van der Waals surface area contributed by atoms with Gasteiger partial charge in [0.1, 0.15) is 0 Å². The molecule has 1 unspecified atom stereocenters. The highest BCUT2D eigenvalue weighted by molar-refractivity contribution is 9.59. The molecule has 110 valence electrons. The quantitative estimate of drug-likeness (QED) is 0.494. The smallest absolute Gasteiger partial charge is 0.160 e. The summed E-state index contributed by atoms with van der Waals surface area (Å²) < 4.78 is 41.3. The average molecular weight is 386 g/mol. The van der Waals surface area contributed by atoms with Crippen LogP contribution in [0.25, 0.3) is 6.08 Å². The van der Waals surface area contributed by atoms with Gasteiger partial charge in [0.05, 0.1) is 0 Å². The molecule has 3 rings (SSSR count). The van der Waals surface area contributed by atoms with Crippen LogP contribution in [0.4, 0.5) is 13.2 Å². The van der Waals surface area contributed by atoms with Gasteiger partial charge in [-0.15, -0.1) is 0 Å². The van der Waals surface area contributed by atoms with Crippen molar-refractivity contribution in [2.45, 2.75) is 36.1 Å². The Kier molecular flexibility index (Phi) is 3.67. The molecule has 0 radical (unpaired) electrons. The van der Waals surface area contributed by atoms with Crippen molar-refractivity contribution in [3.05, 3.63) is 33.7 Å². The molecule has 0 saturated heterocycles. The van der Waals surface area contributed by atoms with Crippen molar-refractivity contribution < 1.29 is 13.2 Å². The Morgan fingerprint density at radius 2 is 1.85 bits per heavy atom. The first-order valence-corrected chi connectivity index (χ1v) is 10.3. The monoisotopic (exact) mass is 384 g/mol. The van der Waals surface area contributed by atoms with Gasteiger partial charge in [0.15, 0.2) is 0 Å². The van der Waals surface area contributed by atoms with E-state index in [1.54, 1.807) is 18.2 Å². The minimum Gasteiger partial charge on any atom is -0.160 e. The van der Waals surface area contributed by atoms with Crippen LogP contribution >= 0.6 is 34.9 Å². The van der Waals surface area contributed by atoms with Gasteiger partial charge < -0.3 is 0 Å². The molecule has 1 aliphatic heterocycles. The van der Waals surface area contributed by atoms with Gasteiger partial charge >= 0.3 is 5.51 Å². The number of allylic oxidation sites excluding steroid dienone is 1. The third-order valence-corrected chi connectivity index (χ3v) is 10.2. The van der Waals surface area contributed by atoms with Gasteiger partial charge in [-0.1, -0.05) is 30.5 Å². The van der Waals surface area contributed by atoms with Gasteiger partial charge in [0, 0.05) is 9.92 Å². The molecule has 1 saturated carbocycles. The molecule has 1 atom stereocenters. The first kappa shape index (κ1) is 14.8. The van der Waals surface area contributed by atoms with Crippen molar-refractivity contribution in [2.75, 3.05) is 0 Å². The van der Waals surface area contributed by atoms with Crippen molar-refractivity contribution in [1.29, 1.82) is 0 Å². The second-order valence-electron chi connectivity index (χ2n) is 5.19. The van der Waals surface area contributed by atoms with Gasteiger partial charge in [0.2, 0.25) is 0 Å². The van der Waals surface area contributed by atoms with E-state index in [4.69, 9.17) is 11.6 Å². The zero-order valence-electron chi connectivity index (χ0n) is 10.5. The summed E-state index contributed by atoms with van der Waals surface area (Å²) in [5.41, 5.74) is -3.64. The van der Waals surface area contributed by atoms with Crippen LogP contribution in [-0.2, 0) is 0 Å². The SMILES string of the molecule is FC(F)(F)S1(Br)C(C2CCCC2)=Cc2ccc(Cl)cc21. The molecule has 0 amide bonds. The fourth-order valence-electron chi connectivity index (χ4n) is 3.05. The van der Waals surface area contributed by atoms with E-state index in [-0.39, 0.29) is 5.92 Å². The van der Waals surface area contributed by atoms with Crippen molar-refractivity contribution in [3.63, 3.8) is 0 Å². The molecule has 0 N–H and O–H groups in total. The molecule has 0 bridgehead atoms. The van der Waals surface area contributed by atoms with E-state index >= 15 is 0 Å². The minimum absolute atomic E-state index is 0.0391. The molecule has 0 nitrogen and oxygen atoms in total. The van der Waals surface area contributed by atoms with Crippen molar-refractivity contribution in [3.8, 4) is 0 Å². The molecule has 20 heavy (non-hydrogen) atoms. The van der Waals surface area contributed by atoms with E-state index < -0.39 is 14.0 Å². The second-order valence-corrected chi connectivity index (χ2v) is 11.0. The van der Waals surface area contributed by atoms with E-state index in [0.717, 1.165) is 25.7 Å². The maximum Gasteiger partial charge on any atom is 0.442 e. The molecule has 0 aromatic heterocycles. The van der Waals surface area contributed by atoms with Gasteiger partial charge in [0.25, 0.3) is 0 Å². The third kappa shape index (κ3) is 2.13. The lowest BCUT2D eigenvalue weighted by atomic mass is 10.1. The molecule has 1 aromatic carbocycles. The summed E-state index contributed by atoms with van der Waals surface area (Å²) in [6, 6.07) is 4.80. The van der Waals surface area contributed by atoms with Crippen LogP contribution in [0.15, 0.2) is 28.0 Å². The maximum absolute atomic E-state index is 13.8. The zero-order chi connectivity index (χ0) is 14.5. The number of alkyl halides is 3. The van der Waals surface area contributed by atoms with E-state index in [1.165, 1.54) is 6.07 Å². The zero-order valence-corrected chi connectivity index (χ0v) is 13.7. The van der Waals surface area contributed by atoms with Gasteiger partial charge in [-0.05, 0) is 70.7 Å². The highest BCUT2D eigenvalue weighted by atomic mass is 79.9. The van der Waals surface area contributed by atoms with Gasteiger partial charge in [-0.25, -0.2) is 0 Å². The number of halogens is 5. The van der Waals surface area contributed by atoms with E-state index in [0.29, 0.717) is 20.4 Å². The molecule has 6 heteroatoms. The molecule has 1 aromatic rings. The summed E-state index contributed by atoms with van der Waals surface area (Å²) in [6.45, 7) is 0. The molecule has 1 heterocycles. The second kappa shape index (κ2) is 4.96. The van der Waals surface area contributed by atoms with Crippen LogP contribution in [0.1, 0.15) is 31.2 Å². The summed E-state index contributed by atoms with van der Waals surface area (Å²) in [6.07, 6.45) is 5.46. The van der Waals surface area contributed by atoms with Crippen molar-refractivity contribution in [2.24, 2.45) is 5.92 Å². The predicted octanol–water partition coefficient (Wildman–Crippen LogP) is 6.88. The van der Waals surface area contributed by atoms with Gasteiger partial charge in [-0.3, -0.25) is 0 Å². The summed E-state index contributed by atoms with van der Waals surface area (Å²) >= 11 is 9.02. The Bertz CT molecular complexity index is 578. The number of hydrogen-bond acceptors (Lipinski definition) is 0. The lowest BCUT2D eigenvalue weighted by molar-refractivity contribution is -0.0356. The maximum atomic E-state index is 13.8. The van der Waals surface area contributed by atoms with Crippen molar-refractivity contribution in [1.82, 2.24) is 0 Å². The number of hydrogen-bond donors (Lipinski definition) is 0. The van der Waals surface area contributed by atoms with Crippen LogP contribution in [-0.4, -0.2) is 5.51 Å². The summed E-state index contributed by atoms with van der Waals surface area (Å²) in [5, 5.41) is 0.352. The Balaban J connectivity index is 2.16. The van der Waals surface area contributed by atoms with Gasteiger partial charge in [-0.2, -0.15) is 13.2 Å².